The van der Waals surface area contributed by atoms with Crippen LogP contribution in [0.4, 0.5) is 0 Å². The number of aryl methyl sites for hydroxylation is 1. The summed E-state index contributed by atoms with van der Waals surface area (Å²) in [5.41, 5.74) is 2.76. The molecule has 1 heterocycles. The van der Waals surface area contributed by atoms with Crippen molar-refractivity contribution in [3.8, 4) is 5.69 Å². The van der Waals surface area contributed by atoms with Crippen molar-refractivity contribution in [2.75, 3.05) is 0 Å². The van der Waals surface area contributed by atoms with Crippen LogP contribution in [0.3, 0.4) is 0 Å². The van der Waals surface area contributed by atoms with Crippen molar-refractivity contribution < 1.29 is 0 Å². The van der Waals surface area contributed by atoms with Gasteiger partial charge in [0.1, 0.15) is 5.82 Å². The van der Waals surface area contributed by atoms with Crippen molar-refractivity contribution >= 4 is 22.5 Å². The Morgan fingerprint density at radius 2 is 1.76 bits per heavy atom. The molecule has 0 spiro atoms. The SMILES string of the molecule is Cc1ccc(-n2c([C@H]3CCCC[C@@H]3Cl)nc3ccccc3c2=O)cc1. The second-order valence-electron chi connectivity index (χ2n) is 6.87. The van der Waals surface area contributed by atoms with E-state index in [1.165, 1.54) is 5.56 Å². The fourth-order valence-electron chi connectivity index (χ4n) is 3.72. The number of para-hydroxylation sites is 1. The fraction of sp³-hybridized carbons (Fsp3) is 0.333. The Morgan fingerprint density at radius 3 is 2.52 bits per heavy atom. The summed E-state index contributed by atoms with van der Waals surface area (Å²) in [6, 6.07) is 15.6. The lowest BCUT2D eigenvalue weighted by atomic mass is 9.87. The minimum Gasteiger partial charge on any atom is -0.268 e. The van der Waals surface area contributed by atoms with Gasteiger partial charge in [0.15, 0.2) is 0 Å². The van der Waals surface area contributed by atoms with Crippen LogP contribution in [-0.2, 0) is 0 Å². The van der Waals surface area contributed by atoms with E-state index in [1.54, 1.807) is 4.57 Å². The van der Waals surface area contributed by atoms with Crippen LogP contribution in [0.1, 0.15) is 43.0 Å². The minimum absolute atomic E-state index is 0.0149. The first-order chi connectivity index (χ1) is 12.1. The van der Waals surface area contributed by atoms with Gasteiger partial charge in [-0.2, -0.15) is 0 Å². The van der Waals surface area contributed by atoms with Gasteiger partial charge in [0, 0.05) is 11.3 Å². The van der Waals surface area contributed by atoms with E-state index in [4.69, 9.17) is 16.6 Å². The number of alkyl halides is 1. The number of rotatable bonds is 2. The Bertz CT molecular complexity index is 962. The van der Waals surface area contributed by atoms with Gasteiger partial charge in [-0.05, 0) is 44.0 Å². The number of benzene rings is 2. The molecule has 1 aliphatic rings. The van der Waals surface area contributed by atoms with Crippen LogP contribution in [0.25, 0.3) is 16.6 Å². The van der Waals surface area contributed by atoms with E-state index in [-0.39, 0.29) is 16.9 Å². The van der Waals surface area contributed by atoms with Crippen molar-refractivity contribution in [3.05, 3.63) is 70.3 Å². The molecule has 128 valence electrons. The monoisotopic (exact) mass is 352 g/mol. The van der Waals surface area contributed by atoms with E-state index in [0.29, 0.717) is 5.39 Å². The maximum absolute atomic E-state index is 13.3. The van der Waals surface area contributed by atoms with Gasteiger partial charge >= 0.3 is 0 Å². The Morgan fingerprint density at radius 1 is 1.04 bits per heavy atom. The maximum Gasteiger partial charge on any atom is 0.265 e. The predicted octanol–water partition coefficient (Wildman–Crippen LogP) is 4.96. The van der Waals surface area contributed by atoms with Crippen molar-refractivity contribution in [1.82, 2.24) is 9.55 Å². The number of hydrogen-bond acceptors (Lipinski definition) is 2. The molecule has 0 radical (unpaired) electrons. The molecular weight excluding hydrogens is 332 g/mol. The molecule has 1 aromatic heterocycles. The zero-order valence-corrected chi connectivity index (χ0v) is 15.0. The zero-order chi connectivity index (χ0) is 17.4. The van der Waals surface area contributed by atoms with Crippen molar-refractivity contribution in [2.45, 2.75) is 43.9 Å². The Kier molecular flexibility index (Phi) is 4.34. The van der Waals surface area contributed by atoms with Crippen LogP contribution in [0.2, 0.25) is 0 Å². The third-order valence-electron chi connectivity index (χ3n) is 5.11. The summed E-state index contributed by atoms with van der Waals surface area (Å²) in [5, 5.41) is 0.673. The molecule has 0 saturated heterocycles. The summed E-state index contributed by atoms with van der Waals surface area (Å²) in [6.45, 7) is 2.04. The third kappa shape index (κ3) is 2.98. The standard InChI is InChI=1S/C21H21ClN2O/c1-14-10-12-15(13-11-14)24-20(16-6-2-4-8-18(16)22)23-19-9-5-3-7-17(19)21(24)25/h3,5,7,9-13,16,18H,2,4,6,8H2,1H3/t16-,18-/m0/s1. The second kappa shape index (κ2) is 6.64. The minimum atomic E-state index is -0.0149. The van der Waals surface area contributed by atoms with Gasteiger partial charge in [0.25, 0.3) is 5.56 Å². The molecule has 0 bridgehead atoms. The summed E-state index contributed by atoms with van der Waals surface area (Å²) in [5.74, 6) is 0.904. The molecule has 3 nitrogen and oxygen atoms in total. The molecule has 0 aliphatic heterocycles. The number of fused-ring (bicyclic) bond motifs is 1. The molecule has 25 heavy (non-hydrogen) atoms. The van der Waals surface area contributed by atoms with Gasteiger partial charge < -0.3 is 0 Å². The molecule has 4 heteroatoms. The summed E-state index contributed by atoms with van der Waals surface area (Å²) in [6.07, 6.45) is 4.23. The number of halogens is 1. The van der Waals surface area contributed by atoms with E-state index < -0.39 is 0 Å². The quantitative estimate of drug-likeness (QED) is 0.611. The molecule has 1 saturated carbocycles. The first-order valence-electron chi connectivity index (χ1n) is 8.88. The maximum atomic E-state index is 13.3. The largest absolute Gasteiger partial charge is 0.268 e. The number of aromatic nitrogens is 2. The number of nitrogens with zero attached hydrogens (tertiary/aromatic N) is 2. The Balaban J connectivity index is 2.00. The highest BCUT2D eigenvalue weighted by Crippen LogP contribution is 2.36. The molecular formula is C21H21ClN2O. The Labute approximate surface area is 152 Å². The third-order valence-corrected chi connectivity index (χ3v) is 5.63. The average molecular weight is 353 g/mol. The van der Waals surface area contributed by atoms with E-state index in [0.717, 1.165) is 42.7 Å². The van der Waals surface area contributed by atoms with Crippen molar-refractivity contribution in [2.24, 2.45) is 0 Å². The van der Waals surface area contributed by atoms with Gasteiger partial charge in [-0.25, -0.2) is 4.98 Å². The molecule has 4 rings (SSSR count). The average Bonchev–Trinajstić information content (AvgIpc) is 2.63. The molecule has 1 aliphatic carbocycles. The van der Waals surface area contributed by atoms with Gasteiger partial charge in [-0.3, -0.25) is 9.36 Å². The van der Waals surface area contributed by atoms with Crippen LogP contribution >= 0.6 is 11.6 Å². The lowest BCUT2D eigenvalue weighted by molar-refractivity contribution is 0.429. The van der Waals surface area contributed by atoms with Crippen LogP contribution in [-0.4, -0.2) is 14.9 Å². The molecule has 0 unspecified atom stereocenters. The van der Waals surface area contributed by atoms with Crippen LogP contribution in [0.15, 0.2) is 53.3 Å². The van der Waals surface area contributed by atoms with E-state index in [9.17, 15) is 4.79 Å². The van der Waals surface area contributed by atoms with Gasteiger partial charge in [0.05, 0.1) is 16.6 Å². The van der Waals surface area contributed by atoms with Crippen LogP contribution in [0.5, 0.6) is 0 Å². The molecule has 1 fully saturated rings. The zero-order valence-electron chi connectivity index (χ0n) is 14.3. The highest BCUT2D eigenvalue weighted by atomic mass is 35.5. The molecule has 2 aromatic carbocycles. The van der Waals surface area contributed by atoms with Crippen molar-refractivity contribution in [3.63, 3.8) is 0 Å². The Hall–Kier alpha value is -2.13. The van der Waals surface area contributed by atoms with E-state index in [1.807, 2.05) is 55.5 Å². The first kappa shape index (κ1) is 16.3. The predicted molar refractivity (Wildman–Crippen MR) is 103 cm³/mol. The first-order valence-corrected chi connectivity index (χ1v) is 9.31. The van der Waals surface area contributed by atoms with E-state index in [2.05, 4.69) is 0 Å². The lowest BCUT2D eigenvalue weighted by Crippen LogP contribution is -2.30. The normalized spacial score (nSPS) is 20.7. The summed E-state index contributed by atoms with van der Waals surface area (Å²) >= 11 is 6.65. The van der Waals surface area contributed by atoms with Crippen LogP contribution < -0.4 is 5.56 Å². The summed E-state index contributed by atoms with van der Waals surface area (Å²) < 4.78 is 1.77. The smallest absolute Gasteiger partial charge is 0.265 e. The van der Waals surface area contributed by atoms with Gasteiger partial charge in [-0.15, -0.1) is 11.6 Å². The molecule has 3 aromatic rings. The number of hydrogen-bond donors (Lipinski definition) is 0. The highest BCUT2D eigenvalue weighted by molar-refractivity contribution is 6.21. The van der Waals surface area contributed by atoms with Gasteiger partial charge in [-0.1, -0.05) is 42.7 Å². The summed E-state index contributed by atoms with van der Waals surface area (Å²) in [7, 11) is 0. The van der Waals surface area contributed by atoms with Gasteiger partial charge in [0.2, 0.25) is 0 Å². The fourth-order valence-corrected chi connectivity index (χ4v) is 4.11. The summed E-state index contributed by atoms with van der Waals surface area (Å²) in [4.78, 5) is 18.2. The topological polar surface area (TPSA) is 34.9 Å². The second-order valence-corrected chi connectivity index (χ2v) is 7.43. The molecule has 0 N–H and O–H groups in total. The van der Waals surface area contributed by atoms with Crippen LogP contribution in [0, 0.1) is 6.92 Å². The molecule has 2 atom stereocenters. The highest BCUT2D eigenvalue weighted by Gasteiger charge is 2.29. The van der Waals surface area contributed by atoms with Crippen molar-refractivity contribution in [1.29, 1.82) is 0 Å². The lowest BCUT2D eigenvalue weighted by Gasteiger charge is -2.28. The molecule has 0 amide bonds. The van der Waals surface area contributed by atoms with E-state index >= 15 is 0 Å².